The molecule has 0 radical (unpaired) electrons. The number of fused-ring (bicyclic) bond motifs is 5. The first-order chi connectivity index (χ1) is 7.16. The van der Waals surface area contributed by atoms with Crippen molar-refractivity contribution < 1.29 is 23.9 Å². The summed E-state index contributed by atoms with van der Waals surface area (Å²) >= 11 is 0. The predicted octanol–water partition coefficient (Wildman–Crippen LogP) is -0.115. The molecule has 0 amide bonds. The minimum Gasteiger partial charge on any atom is -0.465 e. The zero-order chi connectivity index (χ0) is 10.6. The van der Waals surface area contributed by atoms with Gasteiger partial charge >= 0.3 is 17.9 Å². The van der Waals surface area contributed by atoms with Gasteiger partial charge in [0.2, 0.25) is 0 Å². The van der Waals surface area contributed by atoms with Crippen molar-refractivity contribution in [3.63, 3.8) is 0 Å². The fraction of sp³-hybridized carbons (Fsp3) is 0.700. The molecule has 0 aromatic heterocycles. The molecule has 2 bridgehead atoms. The maximum Gasteiger partial charge on any atom is 0.317 e. The van der Waals surface area contributed by atoms with Crippen molar-refractivity contribution in [2.24, 2.45) is 23.7 Å². The van der Waals surface area contributed by atoms with Gasteiger partial charge in [0.1, 0.15) is 0 Å². The molecule has 0 aromatic rings. The fourth-order valence-electron chi connectivity index (χ4n) is 3.02. The molecule has 5 heteroatoms. The molecule has 0 N–H and O–H groups in total. The molecule has 80 valence electrons. The maximum absolute atomic E-state index is 11.5. The molecule has 4 atom stereocenters. The van der Waals surface area contributed by atoms with E-state index in [4.69, 9.17) is 4.74 Å². The van der Waals surface area contributed by atoms with Gasteiger partial charge in [-0.2, -0.15) is 0 Å². The third-order valence-electron chi connectivity index (χ3n) is 3.69. The van der Waals surface area contributed by atoms with E-state index in [1.165, 1.54) is 0 Å². The van der Waals surface area contributed by atoms with E-state index in [0.29, 0.717) is 13.0 Å². The first-order valence-corrected chi connectivity index (χ1v) is 5.08. The zero-order valence-electron chi connectivity index (χ0n) is 7.97. The summed E-state index contributed by atoms with van der Waals surface area (Å²) < 4.78 is 9.55. The molecule has 0 aromatic carbocycles. The highest BCUT2D eigenvalue weighted by atomic mass is 16.6. The van der Waals surface area contributed by atoms with Crippen LogP contribution < -0.4 is 0 Å². The Balaban J connectivity index is 1.97. The molecule has 5 nitrogen and oxygen atoms in total. The monoisotopic (exact) mass is 210 g/mol. The number of carbonyl (C=O) groups is 3. The molecule has 1 aliphatic carbocycles. The van der Waals surface area contributed by atoms with Crippen molar-refractivity contribution in [2.75, 3.05) is 6.61 Å². The number of rotatable bonds is 0. The second-order valence-corrected chi connectivity index (χ2v) is 4.42. The van der Waals surface area contributed by atoms with Crippen LogP contribution in [0.5, 0.6) is 0 Å². The SMILES string of the molecule is O=C1CC2C3COC(=O)[C@@H](C3)C2C(=O)O1. The predicted molar refractivity (Wildman–Crippen MR) is 45.3 cm³/mol. The van der Waals surface area contributed by atoms with Crippen molar-refractivity contribution in [3.8, 4) is 0 Å². The number of ether oxygens (including phenoxy) is 2. The van der Waals surface area contributed by atoms with Crippen LogP contribution in [0.2, 0.25) is 0 Å². The minimum atomic E-state index is -0.539. The first-order valence-electron chi connectivity index (χ1n) is 5.08. The van der Waals surface area contributed by atoms with E-state index in [1.54, 1.807) is 0 Å². The third kappa shape index (κ3) is 1.12. The summed E-state index contributed by atoms with van der Waals surface area (Å²) in [7, 11) is 0. The molecule has 3 unspecified atom stereocenters. The Kier molecular flexibility index (Phi) is 1.66. The quantitative estimate of drug-likeness (QED) is 0.412. The molecule has 2 aliphatic heterocycles. The lowest BCUT2D eigenvalue weighted by molar-refractivity contribution is -0.173. The van der Waals surface area contributed by atoms with Gasteiger partial charge in [-0.05, 0) is 18.3 Å². The molecule has 2 heterocycles. The summed E-state index contributed by atoms with van der Waals surface area (Å²) in [5.41, 5.74) is 0. The normalized spacial score (nSPS) is 43.3. The van der Waals surface area contributed by atoms with Gasteiger partial charge in [-0.1, -0.05) is 0 Å². The third-order valence-corrected chi connectivity index (χ3v) is 3.69. The summed E-state index contributed by atoms with van der Waals surface area (Å²) in [5, 5.41) is 0. The van der Waals surface area contributed by atoms with Crippen molar-refractivity contribution in [1.82, 2.24) is 0 Å². The topological polar surface area (TPSA) is 69.7 Å². The Labute approximate surface area is 85.7 Å². The van der Waals surface area contributed by atoms with Crippen LogP contribution in [0.25, 0.3) is 0 Å². The van der Waals surface area contributed by atoms with Crippen LogP contribution in [-0.4, -0.2) is 24.5 Å². The van der Waals surface area contributed by atoms with Crippen LogP contribution >= 0.6 is 0 Å². The Morgan fingerprint density at radius 1 is 1.13 bits per heavy atom. The minimum absolute atomic E-state index is 0.0461. The summed E-state index contributed by atoms with van der Waals surface area (Å²) in [6.45, 7) is 0.344. The van der Waals surface area contributed by atoms with Crippen molar-refractivity contribution in [3.05, 3.63) is 0 Å². The van der Waals surface area contributed by atoms with Gasteiger partial charge in [0.15, 0.2) is 0 Å². The van der Waals surface area contributed by atoms with Crippen molar-refractivity contribution in [1.29, 1.82) is 0 Å². The van der Waals surface area contributed by atoms with Gasteiger partial charge in [-0.25, -0.2) is 0 Å². The lowest BCUT2D eigenvalue weighted by atomic mass is 9.84. The summed E-state index contributed by atoms with van der Waals surface area (Å²) in [6.07, 6.45) is 0.907. The zero-order valence-corrected chi connectivity index (χ0v) is 7.97. The lowest BCUT2D eigenvalue weighted by Crippen LogP contribution is -2.37. The molecule has 3 aliphatic rings. The maximum atomic E-state index is 11.5. The van der Waals surface area contributed by atoms with E-state index in [0.717, 1.165) is 0 Å². The van der Waals surface area contributed by atoms with Gasteiger partial charge in [0.05, 0.1) is 24.9 Å². The Morgan fingerprint density at radius 2 is 1.93 bits per heavy atom. The van der Waals surface area contributed by atoms with Gasteiger partial charge in [-0.15, -0.1) is 0 Å². The molecule has 3 rings (SSSR count). The van der Waals surface area contributed by atoms with Crippen LogP contribution in [0.4, 0.5) is 0 Å². The second kappa shape index (κ2) is 2.81. The molecule has 2 saturated heterocycles. The highest BCUT2D eigenvalue weighted by Crippen LogP contribution is 2.49. The van der Waals surface area contributed by atoms with E-state index >= 15 is 0 Å². The summed E-state index contributed by atoms with van der Waals surface area (Å²) in [6, 6.07) is 0. The van der Waals surface area contributed by atoms with E-state index in [9.17, 15) is 14.4 Å². The average Bonchev–Trinajstić information content (AvgIpc) is 2.48. The van der Waals surface area contributed by atoms with E-state index in [1.807, 2.05) is 0 Å². The number of hydrogen-bond donors (Lipinski definition) is 0. The van der Waals surface area contributed by atoms with Crippen molar-refractivity contribution in [2.45, 2.75) is 12.8 Å². The molecular weight excluding hydrogens is 200 g/mol. The summed E-state index contributed by atoms with van der Waals surface area (Å²) in [4.78, 5) is 34.1. The van der Waals surface area contributed by atoms with Gasteiger partial charge < -0.3 is 9.47 Å². The second-order valence-electron chi connectivity index (χ2n) is 4.42. The summed E-state index contributed by atoms with van der Waals surface area (Å²) in [5.74, 6) is -2.03. The van der Waals surface area contributed by atoms with E-state index < -0.39 is 17.9 Å². The largest absolute Gasteiger partial charge is 0.465 e. The van der Waals surface area contributed by atoms with E-state index in [-0.39, 0.29) is 30.1 Å². The first kappa shape index (κ1) is 8.88. The Morgan fingerprint density at radius 3 is 2.73 bits per heavy atom. The van der Waals surface area contributed by atoms with E-state index in [2.05, 4.69) is 4.74 Å². The highest BCUT2D eigenvalue weighted by Gasteiger charge is 2.57. The van der Waals surface area contributed by atoms with Crippen LogP contribution in [-0.2, 0) is 23.9 Å². The number of esters is 3. The van der Waals surface area contributed by atoms with Crippen molar-refractivity contribution >= 4 is 17.9 Å². The average molecular weight is 210 g/mol. The highest BCUT2D eigenvalue weighted by molar-refractivity contribution is 5.93. The van der Waals surface area contributed by atoms with Crippen LogP contribution in [0, 0.1) is 23.7 Å². The van der Waals surface area contributed by atoms with Crippen LogP contribution in [0.1, 0.15) is 12.8 Å². The molecule has 3 fully saturated rings. The van der Waals surface area contributed by atoms with Gasteiger partial charge in [0, 0.05) is 0 Å². The number of cyclic esters (lactones) is 3. The number of hydrogen-bond acceptors (Lipinski definition) is 5. The fourth-order valence-corrected chi connectivity index (χ4v) is 3.02. The lowest BCUT2D eigenvalue weighted by Gasteiger charge is -2.24. The standard InChI is InChI=1S/C10H10O5/c11-7-2-5-4-1-6(9(12)14-3-4)8(5)10(13)15-7/h4-6,8H,1-3H2/t4?,5?,6-,8?/m0/s1. The van der Waals surface area contributed by atoms with Gasteiger partial charge in [-0.3, -0.25) is 14.4 Å². The molecular formula is C10H10O5. The molecule has 15 heavy (non-hydrogen) atoms. The molecule has 1 saturated carbocycles. The van der Waals surface area contributed by atoms with Crippen LogP contribution in [0.15, 0.2) is 0 Å². The van der Waals surface area contributed by atoms with Crippen LogP contribution in [0.3, 0.4) is 0 Å². The number of carbonyl (C=O) groups excluding carboxylic acids is 3. The molecule has 0 spiro atoms. The Bertz CT molecular complexity index is 361. The Hall–Kier alpha value is -1.39. The smallest absolute Gasteiger partial charge is 0.317 e. The van der Waals surface area contributed by atoms with Gasteiger partial charge in [0.25, 0.3) is 0 Å².